The van der Waals surface area contributed by atoms with E-state index in [9.17, 15) is 9.36 Å². The largest absolute Gasteiger partial charge is 0.322 e. The van der Waals surface area contributed by atoms with Crippen LogP contribution in [-0.2, 0) is 4.57 Å². The van der Waals surface area contributed by atoms with Gasteiger partial charge >= 0.3 is 0 Å². The zero-order chi connectivity index (χ0) is 16.4. The Morgan fingerprint density at radius 2 is 1.52 bits per heavy atom. The molecule has 0 aliphatic heterocycles. The summed E-state index contributed by atoms with van der Waals surface area (Å²) in [4.78, 5) is 12.6. The van der Waals surface area contributed by atoms with Gasteiger partial charge in [-0.15, -0.1) is 0 Å². The highest BCUT2D eigenvalue weighted by molar-refractivity contribution is 7.70. The molecule has 116 valence electrons. The Hall–Kier alpha value is -2.38. The smallest absolute Gasteiger partial charge is 0.256 e. The number of nitrogens with one attached hydrogen (secondary N) is 1. The van der Waals surface area contributed by atoms with Crippen LogP contribution in [0.4, 0.5) is 5.69 Å². The fraction of sp³-hybridized carbons (Fsp3) is 0.105. The SMILES string of the molecule is CP(C)(=O)c1ccccc1C(=O)Nc1ccc2ccccc2c1. The molecule has 3 aromatic carbocycles. The molecule has 0 saturated carbocycles. The predicted molar refractivity (Wildman–Crippen MR) is 97.4 cm³/mol. The molecule has 0 spiro atoms. The molecule has 0 bridgehead atoms. The molecule has 3 aromatic rings. The summed E-state index contributed by atoms with van der Waals surface area (Å²) in [5.41, 5.74) is 1.19. The van der Waals surface area contributed by atoms with E-state index < -0.39 is 7.14 Å². The maximum absolute atomic E-state index is 12.6. The van der Waals surface area contributed by atoms with E-state index in [2.05, 4.69) is 5.32 Å². The molecule has 0 aliphatic carbocycles. The average Bonchev–Trinajstić information content (AvgIpc) is 2.54. The maximum atomic E-state index is 12.6. The minimum absolute atomic E-state index is 0.236. The van der Waals surface area contributed by atoms with E-state index >= 15 is 0 Å². The van der Waals surface area contributed by atoms with Gasteiger partial charge in [-0.25, -0.2) is 0 Å². The van der Waals surface area contributed by atoms with E-state index in [0.29, 0.717) is 10.9 Å². The zero-order valence-electron chi connectivity index (χ0n) is 13.1. The highest BCUT2D eigenvalue weighted by atomic mass is 31.2. The van der Waals surface area contributed by atoms with Crippen LogP contribution in [0.1, 0.15) is 10.4 Å². The first-order valence-electron chi connectivity index (χ1n) is 7.40. The van der Waals surface area contributed by atoms with Crippen molar-refractivity contribution in [3.05, 3.63) is 72.3 Å². The van der Waals surface area contributed by atoms with Crippen molar-refractivity contribution in [3.63, 3.8) is 0 Å². The third-order valence-electron chi connectivity index (χ3n) is 3.74. The maximum Gasteiger partial charge on any atom is 0.256 e. The van der Waals surface area contributed by atoms with Crippen LogP contribution in [0.2, 0.25) is 0 Å². The van der Waals surface area contributed by atoms with Gasteiger partial charge in [0.2, 0.25) is 0 Å². The van der Waals surface area contributed by atoms with Gasteiger partial charge in [0.05, 0.1) is 5.56 Å². The predicted octanol–water partition coefficient (Wildman–Crippen LogP) is 4.34. The lowest BCUT2D eigenvalue weighted by Crippen LogP contribution is -2.21. The molecule has 0 saturated heterocycles. The number of anilines is 1. The Balaban J connectivity index is 1.94. The summed E-state index contributed by atoms with van der Waals surface area (Å²) in [6, 6.07) is 20.8. The van der Waals surface area contributed by atoms with Crippen molar-refractivity contribution in [1.82, 2.24) is 0 Å². The van der Waals surface area contributed by atoms with Crippen LogP contribution in [-0.4, -0.2) is 19.2 Å². The standard InChI is InChI=1S/C19H18NO2P/c1-23(2,22)18-10-6-5-9-17(18)19(21)20-16-12-11-14-7-3-4-8-15(14)13-16/h3-13H,1-2H3,(H,20,21). The van der Waals surface area contributed by atoms with Crippen molar-refractivity contribution in [2.45, 2.75) is 0 Å². The van der Waals surface area contributed by atoms with E-state index in [1.807, 2.05) is 48.5 Å². The fourth-order valence-electron chi connectivity index (χ4n) is 2.60. The Bertz CT molecular complexity index is 927. The number of fused-ring (bicyclic) bond motifs is 1. The highest BCUT2D eigenvalue weighted by Gasteiger charge is 2.19. The van der Waals surface area contributed by atoms with Crippen LogP contribution >= 0.6 is 7.14 Å². The summed E-state index contributed by atoms with van der Waals surface area (Å²) >= 11 is 0. The third-order valence-corrected chi connectivity index (χ3v) is 5.29. The van der Waals surface area contributed by atoms with Gasteiger partial charge in [0.25, 0.3) is 5.91 Å². The van der Waals surface area contributed by atoms with Crippen LogP contribution in [0.3, 0.4) is 0 Å². The highest BCUT2D eigenvalue weighted by Crippen LogP contribution is 2.36. The van der Waals surface area contributed by atoms with Crippen molar-refractivity contribution in [1.29, 1.82) is 0 Å². The Kier molecular flexibility index (Phi) is 4.06. The second-order valence-corrected chi connectivity index (χ2v) is 9.07. The normalized spacial score (nSPS) is 11.4. The minimum atomic E-state index is -2.51. The lowest BCUT2D eigenvalue weighted by molar-refractivity contribution is 0.102. The van der Waals surface area contributed by atoms with Gasteiger partial charge in [-0.3, -0.25) is 4.79 Å². The first-order chi connectivity index (χ1) is 10.9. The van der Waals surface area contributed by atoms with Crippen molar-refractivity contribution < 1.29 is 9.36 Å². The molecule has 0 radical (unpaired) electrons. The second-order valence-electron chi connectivity index (χ2n) is 5.88. The quantitative estimate of drug-likeness (QED) is 0.729. The fourth-order valence-corrected chi connectivity index (χ4v) is 3.80. The number of hydrogen-bond acceptors (Lipinski definition) is 2. The van der Waals surface area contributed by atoms with Gasteiger partial charge in [-0.05, 0) is 42.3 Å². The van der Waals surface area contributed by atoms with Gasteiger partial charge < -0.3 is 9.88 Å². The Morgan fingerprint density at radius 3 is 2.26 bits per heavy atom. The molecular weight excluding hydrogens is 305 g/mol. The number of rotatable bonds is 3. The van der Waals surface area contributed by atoms with Crippen molar-refractivity contribution in [3.8, 4) is 0 Å². The second kappa shape index (κ2) is 6.02. The molecule has 0 fully saturated rings. The topological polar surface area (TPSA) is 46.2 Å². The first-order valence-corrected chi connectivity index (χ1v) is 10.00. The van der Waals surface area contributed by atoms with Crippen LogP contribution in [0.15, 0.2) is 66.7 Å². The average molecular weight is 323 g/mol. The summed E-state index contributed by atoms with van der Waals surface area (Å²) in [6.07, 6.45) is 0. The van der Waals surface area contributed by atoms with Gasteiger partial charge in [0.15, 0.2) is 0 Å². The van der Waals surface area contributed by atoms with Gasteiger partial charge in [-0.1, -0.05) is 48.5 Å². The lowest BCUT2D eigenvalue weighted by Gasteiger charge is -2.13. The molecular formula is C19H18NO2P. The monoisotopic (exact) mass is 323 g/mol. The van der Waals surface area contributed by atoms with Crippen LogP contribution in [0, 0.1) is 0 Å². The number of benzene rings is 3. The summed E-state index contributed by atoms with van der Waals surface area (Å²) in [5, 5.41) is 5.70. The molecule has 0 unspecified atom stereocenters. The van der Waals surface area contributed by atoms with E-state index in [4.69, 9.17) is 0 Å². The molecule has 23 heavy (non-hydrogen) atoms. The summed E-state index contributed by atoms with van der Waals surface area (Å²) in [5.74, 6) is -0.236. The molecule has 0 aromatic heterocycles. The first kappa shape index (κ1) is 15.5. The van der Waals surface area contributed by atoms with Gasteiger partial charge in [0.1, 0.15) is 7.14 Å². The van der Waals surface area contributed by atoms with Crippen LogP contribution in [0.5, 0.6) is 0 Å². The van der Waals surface area contributed by atoms with Crippen molar-refractivity contribution in [2.75, 3.05) is 18.6 Å². The van der Waals surface area contributed by atoms with E-state index in [1.165, 1.54) is 0 Å². The van der Waals surface area contributed by atoms with Crippen molar-refractivity contribution >= 4 is 34.8 Å². The molecule has 0 heterocycles. The summed E-state index contributed by atoms with van der Waals surface area (Å²) < 4.78 is 12.4. The molecule has 4 heteroatoms. The molecule has 0 aliphatic rings. The lowest BCUT2D eigenvalue weighted by atomic mass is 10.1. The number of amides is 1. The van der Waals surface area contributed by atoms with E-state index in [0.717, 1.165) is 16.5 Å². The third kappa shape index (κ3) is 3.35. The van der Waals surface area contributed by atoms with E-state index in [-0.39, 0.29) is 5.91 Å². The van der Waals surface area contributed by atoms with Gasteiger partial charge in [0, 0.05) is 11.0 Å². The van der Waals surface area contributed by atoms with Crippen LogP contribution in [0.25, 0.3) is 10.8 Å². The Labute approximate surface area is 135 Å². The van der Waals surface area contributed by atoms with Crippen LogP contribution < -0.4 is 10.6 Å². The summed E-state index contributed by atoms with van der Waals surface area (Å²) in [6.45, 7) is 3.35. The number of hydrogen-bond donors (Lipinski definition) is 1. The number of carbonyl (C=O) groups is 1. The molecule has 0 atom stereocenters. The molecule has 1 N–H and O–H groups in total. The van der Waals surface area contributed by atoms with Crippen molar-refractivity contribution in [2.24, 2.45) is 0 Å². The molecule has 3 nitrogen and oxygen atoms in total. The molecule has 3 rings (SSSR count). The van der Waals surface area contributed by atoms with E-state index in [1.54, 1.807) is 31.5 Å². The van der Waals surface area contributed by atoms with Gasteiger partial charge in [-0.2, -0.15) is 0 Å². The minimum Gasteiger partial charge on any atom is -0.322 e. The number of carbonyl (C=O) groups excluding carboxylic acids is 1. The molecule has 1 amide bonds. The zero-order valence-corrected chi connectivity index (χ0v) is 14.0. The summed E-state index contributed by atoms with van der Waals surface area (Å²) in [7, 11) is -2.51. The Morgan fingerprint density at radius 1 is 0.870 bits per heavy atom.